The number of esters is 1. The van der Waals surface area contributed by atoms with Crippen LogP contribution in [0.2, 0.25) is 0 Å². The zero-order chi connectivity index (χ0) is 17.4. The van der Waals surface area contributed by atoms with Crippen molar-refractivity contribution in [3.05, 3.63) is 66.0 Å². The molecule has 0 saturated heterocycles. The topological polar surface area (TPSA) is 64.6 Å². The molecule has 2 aromatic carbocycles. The highest BCUT2D eigenvalue weighted by atomic mass is 19.1. The van der Waals surface area contributed by atoms with E-state index in [0.29, 0.717) is 0 Å². The van der Waals surface area contributed by atoms with Crippen molar-refractivity contribution in [3.8, 4) is 5.75 Å². The van der Waals surface area contributed by atoms with Crippen LogP contribution in [0.1, 0.15) is 18.0 Å². The van der Waals surface area contributed by atoms with E-state index in [1.54, 1.807) is 18.2 Å². The first-order valence-electron chi connectivity index (χ1n) is 7.38. The first-order valence-corrected chi connectivity index (χ1v) is 7.38. The molecule has 0 aliphatic rings. The van der Waals surface area contributed by atoms with Crippen molar-refractivity contribution in [3.63, 3.8) is 0 Å². The average molecular weight is 331 g/mol. The van der Waals surface area contributed by atoms with Crippen LogP contribution < -0.4 is 10.1 Å². The molecule has 0 radical (unpaired) electrons. The highest BCUT2D eigenvalue weighted by molar-refractivity contribution is 5.79. The van der Waals surface area contributed by atoms with Crippen molar-refractivity contribution >= 4 is 11.9 Å². The molecule has 1 N–H and O–H groups in total. The molecule has 0 saturated carbocycles. The van der Waals surface area contributed by atoms with E-state index < -0.39 is 23.7 Å². The zero-order valence-corrected chi connectivity index (χ0v) is 13.2. The van der Waals surface area contributed by atoms with Gasteiger partial charge in [0.25, 0.3) is 5.91 Å². The standard InChI is InChI=1S/C18H18FNO4/c1-23-18(22)11-15(13-7-3-2-4-8-13)20-17(21)12-24-16-10-6-5-9-14(16)19/h2-10,15H,11-12H2,1H3,(H,20,21)/t15-/m1/s1. The number of ether oxygens (including phenoxy) is 2. The number of carbonyl (C=O) groups is 2. The number of para-hydroxylation sites is 1. The fourth-order valence-corrected chi connectivity index (χ4v) is 2.13. The van der Waals surface area contributed by atoms with E-state index in [1.165, 1.54) is 25.3 Å². The minimum atomic E-state index is -0.546. The molecule has 0 spiro atoms. The molecule has 126 valence electrons. The first kappa shape index (κ1) is 17.5. The lowest BCUT2D eigenvalue weighted by atomic mass is 10.0. The molecule has 24 heavy (non-hydrogen) atoms. The third-order valence-corrected chi connectivity index (χ3v) is 3.33. The van der Waals surface area contributed by atoms with E-state index in [4.69, 9.17) is 4.74 Å². The Hall–Kier alpha value is -2.89. The summed E-state index contributed by atoms with van der Waals surface area (Å²) >= 11 is 0. The Morgan fingerprint density at radius 1 is 1.08 bits per heavy atom. The molecule has 0 aliphatic heterocycles. The summed E-state index contributed by atoms with van der Waals surface area (Å²) in [6, 6.07) is 14.3. The number of hydrogen-bond donors (Lipinski definition) is 1. The maximum atomic E-state index is 13.5. The third kappa shape index (κ3) is 5.08. The van der Waals surface area contributed by atoms with Crippen molar-refractivity contribution < 1.29 is 23.5 Å². The molecule has 1 atom stereocenters. The van der Waals surface area contributed by atoms with Gasteiger partial charge in [0, 0.05) is 0 Å². The maximum absolute atomic E-state index is 13.5. The van der Waals surface area contributed by atoms with Crippen molar-refractivity contribution in [1.29, 1.82) is 0 Å². The van der Waals surface area contributed by atoms with Crippen LogP contribution >= 0.6 is 0 Å². The summed E-state index contributed by atoms with van der Waals surface area (Å²) in [4.78, 5) is 23.6. The quantitative estimate of drug-likeness (QED) is 0.792. The number of methoxy groups -OCH3 is 1. The molecule has 0 fully saturated rings. The Morgan fingerprint density at radius 3 is 2.42 bits per heavy atom. The smallest absolute Gasteiger partial charge is 0.307 e. The van der Waals surface area contributed by atoms with Crippen LogP contribution in [0.3, 0.4) is 0 Å². The van der Waals surface area contributed by atoms with E-state index in [1.807, 2.05) is 18.2 Å². The lowest BCUT2D eigenvalue weighted by Crippen LogP contribution is -2.34. The summed E-state index contributed by atoms with van der Waals surface area (Å²) in [5.41, 5.74) is 0.766. The zero-order valence-electron chi connectivity index (χ0n) is 13.2. The van der Waals surface area contributed by atoms with Gasteiger partial charge in [0.1, 0.15) is 0 Å². The number of nitrogens with one attached hydrogen (secondary N) is 1. The Bertz CT molecular complexity index is 690. The van der Waals surface area contributed by atoms with Crippen LogP contribution in [0.25, 0.3) is 0 Å². The first-order chi connectivity index (χ1) is 11.6. The summed E-state index contributed by atoms with van der Waals surface area (Å²) in [5.74, 6) is -1.45. The SMILES string of the molecule is COC(=O)C[C@@H](NC(=O)COc1ccccc1F)c1ccccc1. The van der Waals surface area contributed by atoms with Crippen LogP contribution in [0.4, 0.5) is 4.39 Å². The number of hydrogen-bond acceptors (Lipinski definition) is 4. The molecule has 2 rings (SSSR count). The molecule has 1 amide bonds. The van der Waals surface area contributed by atoms with E-state index >= 15 is 0 Å². The molecule has 0 bridgehead atoms. The van der Waals surface area contributed by atoms with Crippen LogP contribution in [-0.2, 0) is 14.3 Å². The highest BCUT2D eigenvalue weighted by Crippen LogP contribution is 2.18. The minimum absolute atomic E-state index is 0.00289. The van der Waals surface area contributed by atoms with Gasteiger partial charge in [-0.25, -0.2) is 4.39 Å². The molecule has 0 unspecified atom stereocenters. The number of benzene rings is 2. The Morgan fingerprint density at radius 2 is 1.75 bits per heavy atom. The van der Waals surface area contributed by atoms with Gasteiger partial charge in [-0.05, 0) is 17.7 Å². The largest absolute Gasteiger partial charge is 0.481 e. The van der Waals surface area contributed by atoms with Crippen molar-refractivity contribution in [2.75, 3.05) is 13.7 Å². The molecule has 2 aromatic rings. The van der Waals surface area contributed by atoms with Crippen molar-refractivity contribution in [2.45, 2.75) is 12.5 Å². The molecular formula is C18H18FNO4. The van der Waals surface area contributed by atoms with E-state index in [-0.39, 0.29) is 18.8 Å². The molecule has 0 aliphatic carbocycles. The lowest BCUT2D eigenvalue weighted by Gasteiger charge is -2.18. The van der Waals surface area contributed by atoms with Gasteiger partial charge in [-0.1, -0.05) is 42.5 Å². The Kier molecular flexibility index (Phi) is 6.31. The number of amides is 1. The average Bonchev–Trinajstić information content (AvgIpc) is 2.61. The Labute approximate surface area is 139 Å². The van der Waals surface area contributed by atoms with Gasteiger partial charge in [-0.3, -0.25) is 9.59 Å². The lowest BCUT2D eigenvalue weighted by molar-refractivity contribution is -0.141. The van der Waals surface area contributed by atoms with Gasteiger partial charge in [-0.2, -0.15) is 0 Å². The highest BCUT2D eigenvalue weighted by Gasteiger charge is 2.19. The van der Waals surface area contributed by atoms with E-state index in [0.717, 1.165) is 5.56 Å². The predicted octanol–water partition coefficient (Wildman–Crippen LogP) is 2.63. The maximum Gasteiger partial charge on any atom is 0.307 e. The van der Waals surface area contributed by atoms with E-state index in [2.05, 4.69) is 10.1 Å². The molecule has 0 heterocycles. The van der Waals surface area contributed by atoms with Gasteiger partial charge < -0.3 is 14.8 Å². The van der Waals surface area contributed by atoms with Crippen LogP contribution in [-0.4, -0.2) is 25.6 Å². The van der Waals surface area contributed by atoms with Gasteiger partial charge in [0.05, 0.1) is 19.6 Å². The molecular weight excluding hydrogens is 313 g/mol. The van der Waals surface area contributed by atoms with Crippen LogP contribution in [0, 0.1) is 5.82 Å². The number of carbonyl (C=O) groups excluding carboxylic acids is 2. The van der Waals surface area contributed by atoms with Crippen LogP contribution in [0.5, 0.6) is 5.75 Å². The minimum Gasteiger partial charge on any atom is -0.481 e. The molecule has 0 aromatic heterocycles. The monoisotopic (exact) mass is 331 g/mol. The second kappa shape index (κ2) is 8.67. The molecule has 5 nitrogen and oxygen atoms in total. The second-order valence-corrected chi connectivity index (χ2v) is 5.03. The number of rotatable bonds is 7. The summed E-state index contributed by atoms with van der Waals surface area (Å²) < 4.78 is 23.3. The van der Waals surface area contributed by atoms with Gasteiger partial charge in [0.15, 0.2) is 18.2 Å². The van der Waals surface area contributed by atoms with Gasteiger partial charge >= 0.3 is 5.97 Å². The summed E-state index contributed by atoms with van der Waals surface area (Å²) in [6.07, 6.45) is -0.00798. The normalized spacial score (nSPS) is 11.4. The third-order valence-electron chi connectivity index (χ3n) is 3.33. The second-order valence-electron chi connectivity index (χ2n) is 5.03. The van der Waals surface area contributed by atoms with Gasteiger partial charge in [-0.15, -0.1) is 0 Å². The van der Waals surface area contributed by atoms with E-state index in [9.17, 15) is 14.0 Å². The summed E-state index contributed by atoms with van der Waals surface area (Å²) in [7, 11) is 1.29. The summed E-state index contributed by atoms with van der Waals surface area (Å²) in [5, 5.41) is 2.70. The molecule has 6 heteroatoms. The van der Waals surface area contributed by atoms with Crippen molar-refractivity contribution in [1.82, 2.24) is 5.32 Å². The Balaban J connectivity index is 1.99. The van der Waals surface area contributed by atoms with Crippen LogP contribution in [0.15, 0.2) is 54.6 Å². The van der Waals surface area contributed by atoms with Gasteiger partial charge in [0.2, 0.25) is 0 Å². The number of halogens is 1. The van der Waals surface area contributed by atoms with Crippen molar-refractivity contribution in [2.24, 2.45) is 0 Å². The summed E-state index contributed by atoms with van der Waals surface area (Å²) in [6.45, 7) is -0.356. The fourth-order valence-electron chi connectivity index (χ4n) is 2.13. The predicted molar refractivity (Wildman–Crippen MR) is 85.9 cm³/mol. The fraction of sp³-hybridized carbons (Fsp3) is 0.222.